The summed E-state index contributed by atoms with van der Waals surface area (Å²) in [5.41, 5.74) is 1.06. The third kappa shape index (κ3) is 3.45. The minimum absolute atomic E-state index is 0.0120. The first kappa shape index (κ1) is 14.3. The molecule has 1 aliphatic rings. The van der Waals surface area contributed by atoms with Crippen molar-refractivity contribution in [2.75, 3.05) is 32.8 Å². The van der Waals surface area contributed by atoms with Crippen LogP contribution in [0.4, 0.5) is 0 Å². The molecule has 1 heterocycles. The van der Waals surface area contributed by atoms with Crippen LogP contribution in [0.2, 0.25) is 5.02 Å². The van der Waals surface area contributed by atoms with Gasteiger partial charge in [-0.05, 0) is 36.7 Å². The number of rotatable bonds is 3. The molecule has 1 aliphatic heterocycles. The zero-order valence-corrected chi connectivity index (χ0v) is 12.5. The molecule has 1 aromatic rings. The molecule has 0 radical (unpaired) electrons. The number of halogens is 2. The Morgan fingerprint density at radius 2 is 2.22 bits per heavy atom. The summed E-state index contributed by atoms with van der Waals surface area (Å²) in [5, 5.41) is 13.8. The fourth-order valence-electron chi connectivity index (χ4n) is 2.36. The van der Waals surface area contributed by atoms with Gasteiger partial charge < -0.3 is 10.4 Å². The Balaban J connectivity index is 2.23. The van der Waals surface area contributed by atoms with Gasteiger partial charge in [-0.2, -0.15) is 0 Å². The predicted octanol–water partition coefficient (Wildman–Crippen LogP) is 2.43. The van der Waals surface area contributed by atoms with Crippen molar-refractivity contribution in [3.8, 4) is 0 Å². The first-order chi connectivity index (χ1) is 8.72. The maximum absolute atomic E-state index is 9.71. The minimum atomic E-state index is 0.0120. The molecular formula is C13H18BrClN2O. The highest BCUT2D eigenvalue weighted by Gasteiger charge is 2.22. The summed E-state index contributed by atoms with van der Waals surface area (Å²) in [7, 11) is 0. The highest BCUT2D eigenvalue weighted by molar-refractivity contribution is 9.10. The van der Waals surface area contributed by atoms with E-state index in [1.54, 1.807) is 0 Å². The third-order valence-electron chi connectivity index (χ3n) is 3.31. The van der Waals surface area contributed by atoms with Crippen molar-refractivity contribution in [2.45, 2.75) is 12.5 Å². The van der Waals surface area contributed by atoms with E-state index in [4.69, 9.17) is 11.6 Å². The van der Waals surface area contributed by atoms with Gasteiger partial charge in [0.1, 0.15) is 0 Å². The van der Waals surface area contributed by atoms with E-state index in [9.17, 15) is 5.11 Å². The lowest BCUT2D eigenvalue weighted by Gasteiger charge is -2.30. The number of hydrogen-bond acceptors (Lipinski definition) is 3. The van der Waals surface area contributed by atoms with E-state index >= 15 is 0 Å². The molecule has 0 aromatic heterocycles. The van der Waals surface area contributed by atoms with E-state index in [1.165, 1.54) is 0 Å². The quantitative estimate of drug-likeness (QED) is 0.892. The second kappa shape index (κ2) is 6.87. The molecule has 2 rings (SSSR count). The second-order valence-corrected chi connectivity index (χ2v) is 5.79. The Hall–Kier alpha value is -0.130. The summed E-state index contributed by atoms with van der Waals surface area (Å²) >= 11 is 9.60. The van der Waals surface area contributed by atoms with Crippen LogP contribution in [-0.4, -0.2) is 42.8 Å². The summed E-state index contributed by atoms with van der Waals surface area (Å²) < 4.78 is 1.00. The summed E-state index contributed by atoms with van der Waals surface area (Å²) in [6.45, 7) is 4.07. The van der Waals surface area contributed by atoms with Crippen LogP contribution in [0.3, 0.4) is 0 Å². The molecule has 1 saturated heterocycles. The molecule has 1 fully saturated rings. The normalized spacial score (nSPS) is 19.5. The first-order valence-corrected chi connectivity index (χ1v) is 7.40. The third-order valence-corrected chi connectivity index (χ3v) is 4.26. The van der Waals surface area contributed by atoms with Crippen LogP contribution in [0.1, 0.15) is 18.0 Å². The van der Waals surface area contributed by atoms with Gasteiger partial charge in [-0.25, -0.2) is 0 Å². The van der Waals surface area contributed by atoms with Crippen molar-refractivity contribution in [1.29, 1.82) is 0 Å². The van der Waals surface area contributed by atoms with Crippen molar-refractivity contribution >= 4 is 27.5 Å². The molecule has 18 heavy (non-hydrogen) atoms. The van der Waals surface area contributed by atoms with Crippen LogP contribution in [0.25, 0.3) is 0 Å². The molecule has 2 N–H and O–H groups in total. The van der Waals surface area contributed by atoms with Gasteiger partial charge in [0.25, 0.3) is 0 Å². The minimum Gasteiger partial charge on any atom is -0.394 e. The van der Waals surface area contributed by atoms with E-state index in [2.05, 4.69) is 26.1 Å². The monoisotopic (exact) mass is 332 g/mol. The average Bonchev–Trinajstić information content (AvgIpc) is 2.64. The summed E-state index contributed by atoms with van der Waals surface area (Å²) in [4.78, 5) is 2.32. The molecule has 5 heteroatoms. The SMILES string of the molecule is OCC(c1cc(Cl)ccc1Br)N1CCCNCC1. The van der Waals surface area contributed by atoms with Gasteiger partial charge in [0.15, 0.2) is 0 Å². The van der Waals surface area contributed by atoms with Crippen LogP contribution >= 0.6 is 27.5 Å². The van der Waals surface area contributed by atoms with E-state index in [0.717, 1.165) is 42.6 Å². The molecule has 1 aromatic carbocycles. The van der Waals surface area contributed by atoms with E-state index in [-0.39, 0.29) is 12.6 Å². The standard InChI is InChI=1S/C13H18BrClN2O/c14-12-3-2-10(15)8-11(12)13(9-18)17-6-1-4-16-5-7-17/h2-3,8,13,16,18H,1,4-7,9H2. The van der Waals surface area contributed by atoms with Gasteiger partial charge >= 0.3 is 0 Å². The Morgan fingerprint density at radius 1 is 1.39 bits per heavy atom. The molecule has 1 atom stereocenters. The molecule has 0 amide bonds. The number of aliphatic hydroxyl groups excluding tert-OH is 1. The average molecular weight is 334 g/mol. The Bertz CT molecular complexity index is 395. The summed E-state index contributed by atoms with van der Waals surface area (Å²) in [6.07, 6.45) is 1.11. The van der Waals surface area contributed by atoms with Gasteiger partial charge in [-0.3, -0.25) is 4.90 Å². The maximum Gasteiger partial charge on any atom is 0.0629 e. The molecular weight excluding hydrogens is 316 g/mol. The van der Waals surface area contributed by atoms with E-state index in [0.29, 0.717) is 5.02 Å². The fourth-order valence-corrected chi connectivity index (χ4v) is 3.05. The molecule has 0 saturated carbocycles. The van der Waals surface area contributed by atoms with Gasteiger partial charge in [0.05, 0.1) is 12.6 Å². The lowest BCUT2D eigenvalue weighted by atomic mass is 10.1. The predicted molar refractivity (Wildman–Crippen MR) is 78.0 cm³/mol. The largest absolute Gasteiger partial charge is 0.394 e. The first-order valence-electron chi connectivity index (χ1n) is 6.23. The smallest absolute Gasteiger partial charge is 0.0629 e. The highest BCUT2D eigenvalue weighted by atomic mass is 79.9. The van der Waals surface area contributed by atoms with Crippen LogP contribution in [0.15, 0.2) is 22.7 Å². The maximum atomic E-state index is 9.71. The molecule has 0 spiro atoms. The van der Waals surface area contributed by atoms with E-state index in [1.807, 2.05) is 18.2 Å². The lowest BCUT2D eigenvalue weighted by molar-refractivity contribution is 0.129. The van der Waals surface area contributed by atoms with Gasteiger partial charge in [-0.15, -0.1) is 0 Å². The highest BCUT2D eigenvalue weighted by Crippen LogP contribution is 2.30. The van der Waals surface area contributed by atoms with Crippen molar-refractivity contribution in [3.63, 3.8) is 0 Å². The molecule has 3 nitrogen and oxygen atoms in total. The van der Waals surface area contributed by atoms with Crippen molar-refractivity contribution in [2.24, 2.45) is 0 Å². The van der Waals surface area contributed by atoms with Crippen molar-refractivity contribution < 1.29 is 5.11 Å². The Labute approximate surface area is 121 Å². The molecule has 1 unspecified atom stereocenters. The topological polar surface area (TPSA) is 35.5 Å². The summed E-state index contributed by atoms with van der Waals surface area (Å²) in [6, 6.07) is 5.74. The van der Waals surface area contributed by atoms with Crippen LogP contribution < -0.4 is 5.32 Å². The lowest BCUT2D eigenvalue weighted by Crippen LogP contribution is -2.34. The second-order valence-electron chi connectivity index (χ2n) is 4.50. The molecule has 100 valence electrons. The van der Waals surface area contributed by atoms with Crippen LogP contribution in [0, 0.1) is 0 Å². The van der Waals surface area contributed by atoms with Crippen LogP contribution in [0.5, 0.6) is 0 Å². The van der Waals surface area contributed by atoms with Gasteiger partial charge in [0.2, 0.25) is 0 Å². The molecule has 0 aliphatic carbocycles. The number of aliphatic hydroxyl groups is 1. The number of benzene rings is 1. The number of hydrogen-bond donors (Lipinski definition) is 2. The number of nitrogens with one attached hydrogen (secondary N) is 1. The Morgan fingerprint density at radius 3 is 3.00 bits per heavy atom. The zero-order chi connectivity index (χ0) is 13.0. The van der Waals surface area contributed by atoms with Gasteiger partial charge in [0, 0.05) is 29.1 Å². The van der Waals surface area contributed by atoms with Crippen LogP contribution in [-0.2, 0) is 0 Å². The van der Waals surface area contributed by atoms with Gasteiger partial charge in [-0.1, -0.05) is 27.5 Å². The Kier molecular flexibility index (Phi) is 5.45. The zero-order valence-electron chi connectivity index (χ0n) is 10.2. The number of nitrogens with zero attached hydrogens (tertiary/aromatic N) is 1. The van der Waals surface area contributed by atoms with E-state index < -0.39 is 0 Å². The van der Waals surface area contributed by atoms with Crippen molar-refractivity contribution in [3.05, 3.63) is 33.3 Å². The van der Waals surface area contributed by atoms with Crippen molar-refractivity contribution in [1.82, 2.24) is 10.2 Å². The summed E-state index contributed by atoms with van der Waals surface area (Å²) in [5.74, 6) is 0. The molecule has 0 bridgehead atoms. The fraction of sp³-hybridized carbons (Fsp3) is 0.538.